The van der Waals surface area contributed by atoms with Crippen LogP contribution in [0.1, 0.15) is 12.8 Å². The van der Waals surface area contributed by atoms with Gasteiger partial charge in [0.1, 0.15) is 0 Å². The lowest BCUT2D eigenvalue weighted by Gasteiger charge is -2.31. The summed E-state index contributed by atoms with van der Waals surface area (Å²) >= 11 is 0. The van der Waals surface area contributed by atoms with E-state index in [0.29, 0.717) is 0 Å². The third-order valence-corrected chi connectivity index (χ3v) is 2.66. The van der Waals surface area contributed by atoms with Gasteiger partial charge in [-0.2, -0.15) is 0 Å². The van der Waals surface area contributed by atoms with Gasteiger partial charge < -0.3 is 9.80 Å². The number of hydrogen-bond acceptors (Lipinski definition) is 1. The summed E-state index contributed by atoms with van der Waals surface area (Å²) in [6.45, 7) is 3.29. The van der Waals surface area contributed by atoms with E-state index in [0.717, 1.165) is 39.0 Å². The molecule has 0 radical (unpaired) electrons. The molecule has 0 aromatic carbocycles. The molecule has 14 heavy (non-hydrogen) atoms. The topological polar surface area (TPSA) is 23.6 Å². The molecule has 0 aliphatic carbocycles. The molecule has 2 aliphatic heterocycles. The van der Waals surface area contributed by atoms with Crippen LogP contribution in [-0.2, 0) is 0 Å². The molecule has 0 bridgehead atoms. The average Bonchev–Trinajstić information content (AvgIpc) is 2.30. The highest BCUT2D eigenvalue weighted by molar-refractivity contribution is 5.75. The highest BCUT2D eigenvalue weighted by Crippen LogP contribution is 2.09. The van der Waals surface area contributed by atoms with Crippen LogP contribution in [0.15, 0.2) is 24.3 Å². The van der Waals surface area contributed by atoms with E-state index in [1.807, 2.05) is 9.80 Å². The van der Waals surface area contributed by atoms with Crippen LogP contribution in [0, 0.1) is 0 Å². The highest BCUT2D eigenvalue weighted by atomic mass is 16.2. The average molecular weight is 192 g/mol. The molecular weight excluding hydrogens is 176 g/mol. The third-order valence-electron chi connectivity index (χ3n) is 2.66. The zero-order valence-corrected chi connectivity index (χ0v) is 8.35. The second-order valence-electron chi connectivity index (χ2n) is 3.69. The maximum Gasteiger partial charge on any atom is 0.320 e. The first kappa shape index (κ1) is 9.31. The fraction of sp³-hybridized carbons (Fsp3) is 0.545. The Hall–Kier alpha value is -1.25. The first-order valence-electron chi connectivity index (χ1n) is 5.22. The van der Waals surface area contributed by atoms with Gasteiger partial charge in [-0.3, -0.25) is 0 Å². The van der Waals surface area contributed by atoms with Gasteiger partial charge in [0.15, 0.2) is 0 Å². The summed E-state index contributed by atoms with van der Waals surface area (Å²) in [4.78, 5) is 15.8. The first-order chi connectivity index (χ1) is 6.88. The van der Waals surface area contributed by atoms with Crippen molar-refractivity contribution in [3.63, 3.8) is 0 Å². The minimum atomic E-state index is 0.193. The molecule has 76 valence electrons. The van der Waals surface area contributed by atoms with Crippen LogP contribution in [0.4, 0.5) is 4.79 Å². The van der Waals surface area contributed by atoms with Gasteiger partial charge in [-0.05, 0) is 12.8 Å². The zero-order chi connectivity index (χ0) is 9.80. The smallest absolute Gasteiger partial charge is 0.320 e. The molecule has 2 rings (SSSR count). The molecule has 0 aromatic heterocycles. The molecule has 0 atom stereocenters. The lowest BCUT2D eigenvalue weighted by atomic mass is 10.2. The normalized spacial score (nSPS) is 21.4. The Labute approximate surface area is 84.7 Å². The Morgan fingerprint density at radius 3 is 1.71 bits per heavy atom. The lowest BCUT2D eigenvalue weighted by Crippen LogP contribution is -2.45. The molecule has 2 amide bonds. The number of nitrogens with zero attached hydrogens (tertiary/aromatic N) is 2. The van der Waals surface area contributed by atoms with E-state index in [9.17, 15) is 4.79 Å². The maximum atomic E-state index is 11.9. The van der Waals surface area contributed by atoms with Gasteiger partial charge >= 0.3 is 6.03 Å². The van der Waals surface area contributed by atoms with Crippen LogP contribution >= 0.6 is 0 Å². The molecule has 0 saturated heterocycles. The van der Waals surface area contributed by atoms with E-state index in [1.165, 1.54) is 0 Å². The zero-order valence-electron chi connectivity index (χ0n) is 8.35. The summed E-state index contributed by atoms with van der Waals surface area (Å²) in [7, 11) is 0. The minimum Gasteiger partial charge on any atom is -0.321 e. The molecule has 0 unspecified atom stereocenters. The standard InChI is InChI=1S/C11H16N2O/c14-11(12-7-3-1-4-8-12)13-9-5-2-6-10-13/h1-3,5H,4,6-10H2. The summed E-state index contributed by atoms with van der Waals surface area (Å²) in [6.07, 6.45) is 10.4. The molecule has 0 saturated carbocycles. The van der Waals surface area contributed by atoms with Crippen molar-refractivity contribution in [1.82, 2.24) is 9.80 Å². The molecule has 2 aliphatic rings. The predicted molar refractivity (Wildman–Crippen MR) is 56.1 cm³/mol. The van der Waals surface area contributed by atoms with Gasteiger partial charge in [-0.1, -0.05) is 24.3 Å². The van der Waals surface area contributed by atoms with Crippen molar-refractivity contribution >= 4 is 6.03 Å². The number of carbonyl (C=O) groups excluding carboxylic acids is 1. The van der Waals surface area contributed by atoms with E-state index < -0.39 is 0 Å². The van der Waals surface area contributed by atoms with Crippen molar-refractivity contribution in [2.75, 3.05) is 26.2 Å². The predicted octanol–water partition coefficient (Wildman–Crippen LogP) is 1.63. The van der Waals surface area contributed by atoms with Crippen LogP contribution < -0.4 is 0 Å². The molecule has 3 nitrogen and oxygen atoms in total. The summed E-state index contributed by atoms with van der Waals surface area (Å²) < 4.78 is 0. The Morgan fingerprint density at radius 2 is 1.36 bits per heavy atom. The van der Waals surface area contributed by atoms with Crippen LogP contribution in [0.25, 0.3) is 0 Å². The number of urea groups is 1. The minimum absolute atomic E-state index is 0.193. The molecule has 3 heteroatoms. The van der Waals surface area contributed by atoms with E-state index in [2.05, 4.69) is 24.3 Å². The van der Waals surface area contributed by atoms with Crippen LogP contribution in [0.2, 0.25) is 0 Å². The van der Waals surface area contributed by atoms with E-state index in [1.54, 1.807) is 0 Å². The second-order valence-corrected chi connectivity index (χ2v) is 3.69. The molecule has 0 fully saturated rings. The van der Waals surface area contributed by atoms with Crippen LogP contribution in [-0.4, -0.2) is 42.0 Å². The molecule has 0 N–H and O–H groups in total. The van der Waals surface area contributed by atoms with Gasteiger partial charge in [0.2, 0.25) is 0 Å². The summed E-state index contributed by atoms with van der Waals surface area (Å²) in [6, 6.07) is 0.193. The number of rotatable bonds is 0. The Kier molecular flexibility index (Phi) is 2.87. The summed E-state index contributed by atoms with van der Waals surface area (Å²) in [5.41, 5.74) is 0. The maximum absolute atomic E-state index is 11.9. The molecular formula is C11H16N2O. The Balaban J connectivity index is 1.93. The highest BCUT2D eigenvalue weighted by Gasteiger charge is 2.20. The number of carbonyl (C=O) groups is 1. The van der Waals surface area contributed by atoms with Crippen LogP contribution in [0.3, 0.4) is 0 Å². The Bertz CT molecular complexity index is 244. The summed E-state index contributed by atoms with van der Waals surface area (Å²) in [5.74, 6) is 0. The number of amides is 2. The summed E-state index contributed by atoms with van der Waals surface area (Å²) in [5, 5.41) is 0. The van der Waals surface area contributed by atoms with Crippen molar-refractivity contribution in [3.8, 4) is 0 Å². The number of hydrogen-bond donors (Lipinski definition) is 0. The fourth-order valence-electron chi connectivity index (χ4n) is 1.83. The SMILES string of the molecule is O=C(N1CC=CCC1)N1CC=CCC1. The van der Waals surface area contributed by atoms with Crippen molar-refractivity contribution in [2.24, 2.45) is 0 Å². The quantitative estimate of drug-likeness (QED) is 0.535. The van der Waals surface area contributed by atoms with Crippen molar-refractivity contribution in [1.29, 1.82) is 0 Å². The van der Waals surface area contributed by atoms with E-state index in [-0.39, 0.29) is 6.03 Å². The Morgan fingerprint density at radius 1 is 0.857 bits per heavy atom. The largest absolute Gasteiger partial charge is 0.321 e. The second kappa shape index (κ2) is 4.31. The lowest BCUT2D eigenvalue weighted by molar-refractivity contribution is 0.161. The van der Waals surface area contributed by atoms with E-state index in [4.69, 9.17) is 0 Å². The van der Waals surface area contributed by atoms with Gasteiger partial charge in [0.05, 0.1) is 0 Å². The first-order valence-corrected chi connectivity index (χ1v) is 5.22. The van der Waals surface area contributed by atoms with Crippen molar-refractivity contribution in [3.05, 3.63) is 24.3 Å². The van der Waals surface area contributed by atoms with Crippen LogP contribution in [0.5, 0.6) is 0 Å². The molecule has 0 spiro atoms. The van der Waals surface area contributed by atoms with Gasteiger partial charge in [0.25, 0.3) is 0 Å². The van der Waals surface area contributed by atoms with Gasteiger partial charge in [-0.25, -0.2) is 4.79 Å². The van der Waals surface area contributed by atoms with Crippen molar-refractivity contribution < 1.29 is 4.79 Å². The fourth-order valence-corrected chi connectivity index (χ4v) is 1.83. The van der Waals surface area contributed by atoms with Gasteiger partial charge in [0, 0.05) is 26.2 Å². The van der Waals surface area contributed by atoms with E-state index >= 15 is 0 Å². The third kappa shape index (κ3) is 1.97. The molecule has 2 heterocycles. The van der Waals surface area contributed by atoms with Gasteiger partial charge in [-0.15, -0.1) is 0 Å². The van der Waals surface area contributed by atoms with Crippen molar-refractivity contribution in [2.45, 2.75) is 12.8 Å². The molecule has 0 aromatic rings. The monoisotopic (exact) mass is 192 g/mol.